The first-order valence-electron chi connectivity index (χ1n) is 4.47. The van der Waals surface area contributed by atoms with Gasteiger partial charge in [0.25, 0.3) is 10.1 Å². The molecule has 17 heavy (non-hydrogen) atoms. The molecule has 0 saturated heterocycles. The SMILES string of the molecule is CCOc1ccc(S(=O)(=O)O)c(C(F)(F)F)c1. The third-order valence-corrected chi connectivity index (χ3v) is 2.76. The van der Waals surface area contributed by atoms with Crippen LogP contribution >= 0.6 is 0 Å². The molecule has 0 aromatic heterocycles. The Morgan fingerprint density at radius 1 is 1.35 bits per heavy atom. The van der Waals surface area contributed by atoms with Crippen molar-refractivity contribution in [3.8, 4) is 5.75 Å². The molecule has 0 aliphatic carbocycles. The summed E-state index contributed by atoms with van der Waals surface area (Å²) in [5.74, 6) is -0.118. The number of hydrogen-bond donors (Lipinski definition) is 1. The van der Waals surface area contributed by atoms with Gasteiger partial charge in [0.15, 0.2) is 0 Å². The van der Waals surface area contributed by atoms with Crippen molar-refractivity contribution in [2.24, 2.45) is 0 Å². The topological polar surface area (TPSA) is 63.6 Å². The molecule has 1 aromatic carbocycles. The molecular formula is C9H9F3O4S. The van der Waals surface area contributed by atoms with Crippen LogP contribution in [0.2, 0.25) is 0 Å². The van der Waals surface area contributed by atoms with Crippen LogP contribution in [0, 0.1) is 0 Å². The molecular weight excluding hydrogens is 261 g/mol. The highest BCUT2D eigenvalue weighted by atomic mass is 32.2. The third kappa shape index (κ3) is 3.34. The lowest BCUT2D eigenvalue weighted by Crippen LogP contribution is -2.13. The van der Waals surface area contributed by atoms with Crippen LogP contribution in [0.25, 0.3) is 0 Å². The Balaban J connectivity index is 3.43. The van der Waals surface area contributed by atoms with Crippen molar-refractivity contribution in [3.63, 3.8) is 0 Å². The standard InChI is InChI=1S/C9H9F3O4S/c1-2-16-6-3-4-8(17(13,14)15)7(5-6)9(10,11)12/h3-5H,2H2,1H3,(H,13,14,15). The van der Waals surface area contributed by atoms with Gasteiger partial charge in [-0.05, 0) is 25.1 Å². The van der Waals surface area contributed by atoms with Crippen molar-refractivity contribution in [2.45, 2.75) is 18.0 Å². The van der Waals surface area contributed by atoms with Gasteiger partial charge in [-0.25, -0.2) is 0 Å². The molecule has 0 aliphatic heterocycles. The number of hydrogen-bond acceptors (Lipinski definition) is 3. The summed E-state index contributed by atoms with van der Waals surface area (Å²) in [6.07, 6.45) is -4.89. The van der Waals surface area contributed by atoms with Crippen molar-refractivity contribution in [1.82, 2.24) is 0 Å². The monoisotopic (exact) mass is 270 g/mol. The summed E-state index contributed by atoms with van der Waals surface area (Å²) in [5, 5.41) is 0. The van der Waals surface area contributed by atoms with Crippen molar-refractivity contribution >= 4 is 10.1 Å². The Morgan fingerprint density at radius 2 is 1.94 bits per heavy atom. The summed E-state index contributed by atoms with van der Waals surface area (Å²) < 4.78 is 72.8. The quantitative estimate of drug-likeness (QED) is 0.856. The molecule has 0 spiro atoms. The van der Waals surface area contributed by atoms with Gasteiger partial charge in [0.1, 0.15) is 10.6 Å². The molecule has 4 nitrogen and oxygen atoms in total. The van der Waals surface area contributed by atoms with E-state index in [0.29, 0.717) is 12.1 Å². The summed E-state index contributed by atoms with van der Waals surface area (Å²) in [7, 11) is -4.92. The highest BCUT2D eigenvalue weighted by molar-refractivity contribution is 7.85. The second-order valence-electron chi connectivity index (χ2n) is 3.06. The predicted molar refractivity (Wildman–Crippen MR) is 52.4 cm³/mol. The molecule has 0 amide bonds. The Bertz CT molecular complexity index is 507. The Labute approximate surface area is 95.8 Å². The molecule has 96 valence electrons. The first-order valence-corrected chi connectivity index (χ1v) is 5.91. The van der Waals surface area contributed by atoms with Crippen LogP contribution < -0.4 is 4.74 Å². The first-order chi connectivity index (χ1) is 7.66. The van der Waals surface area contributed by atoms with Crippen LogP contribution in [0.15, 0.2) is 23.1 Å². The zero-order valence-corrected chi connectivity index (χ0v) is 9.47. The van der Waals surface area contributed by atoms with Crippen LogP contribution in [0.4, 0.5) is 13.2 Å². The fraction of sp³-hybridized carbons (Fsp3) is 0.333. The molecule has 8 heteroatoms. The minimum Gasteiger partial charge on any atom is -0.494 e. The second-order valence-corrected chi connectivity index (χ2v) is 4.45. The third-order valence-electron chi connectivity index (χ3n) is 1.85. The van der Waals surface area contributed by atoms with Gasteiger partial charge >= 0.3 is 6.18 Å². The smallest absolute Gasteiger partial charge is 0.417 e. The molecule has 0 fully saturated rings. The zero-order valence-electron chi connectivity index (χ0n) is 8.65. The maximum atomic E-state index is 12.6. The molecule has 0 aliphatic rings. The van der Waals surface area contributed by atoms with Gasteiger partial charge < -0.3 is 4.74 Å². The lowest BCUT2D eigenvalue weighted by Gasteiger charge is -2.12. The molecule has 1 aromatic rings. The molecule has 0 saturated carbocycles. The number of alkyl halides is 3. The number of benzene rings is 1. The van der Waals surface area contributed by atoms with E-state index in [9.17, 15) is 21.6 Å². The molecule has 1 rings (SSSR count). The number of ether oxygens (including phenoxy) is 1. The van der Waals surface area contributed by atoms with E-state index in [-0.39, 0.29) is 12.4 Å². The largest absolute Gasteiger partial charge is 0.494 e. The average Bonchev–Trinajstić information content (AvgIpc) is 2.15. The summed E-state index contributed by atoms with van der Waals surface area (Å²) >= 11 is 0. The van der Waals surface area contributed by atoms with Gasteiger partial charge in [-0.3, -0.25) is 4.55 Å². The van der Waals surface area contributed by atoms with Crippen molar-refractivity contribution < 1.29 is 30.9 Å². The van der Waals surface area contributed by atoms with Crippen molar-refractivity contribution in [1.29, 1.82) is 0 Å². The van der Waals surface area contributed by atoms with E-state index >= 15 is 0 Å². The molecule has 0 bridgehead atoms. The van der Waals surface area contributed by atoms with Gasteiger partial charge in [0.2, 0.25) is 0 Å². The zero-order chi connectivity index (χ0) is 13.3. The number of halogens is 3. The summed E-state index contributed by atoms with van der Waals surface area (Å²) in [6.45, 7) is 1.71. The minimum absolute atomic E-state index is 0.118. The fourth-order valence-corrected chi connectivity index (χ4v) is 1.90. The van der Waals surface area contributed by atoms with E-state index < -0.39 is 26.8 Å². The molecule has 0 heterocycles. The van der Waals surface area contributed by atoms with Gasteiger partial charge in [0, 0.05) is 0 Å². The lowest BCUT2D eigenvalue weighted by molar-refractivity contribution is -0.140. The van der Waals surface area contributed by atoms with E-state index in [1.54, 1.807) is 6.92 Å². The average molecular weight is 270 g/mol. The minimum atomic E-state index is -4.92. The Hall–Kier alpha value is -1.28. The predicted octanol–water partition coefficient (Wildman–Crippen LogP) is 2.35. The molecule has 0 radical (unpaired) electrons. The van der Waals surface area contributed by atoms with E-state index in [2.05, 4.69) is 0 Å². The van der Waals surface area contributed by atoms with Crippen LogP contribution in [0.1, 0.15) is 12.5 Å². The maximum Gasteiger partial charge on any atom is 0.417 e. The van der Waals surface area contributed by atoms with E-state index in [4.69, 9.17) is 9.29 Å². The van der Waals surface area contributed by atoms with Gasteiger partial charge in [-0.15, -0.1) is 0 Å². The lowest BCUT2D eigenvalue weighted by atomic mass is 10.2. The molecule has 1 N–H and O–H groups in total. The van der Waals surface area contributed by atoms with Crippen LogP contribution in [0.3, 0.4) is 0 Å². The Morgan fingerprint density at radius 3 is 2.35 bits per heavy atom. The maximum absolute atomic E-state index is 12.6. The first kappa shape index (κ1) is 13.8. The van der Waals surface area contributed by atoms with Gasteiger partial charge in [0.05, 0.1) is 12.2 Å². The Kier molecular flexibility index (Phi) is 3.68. The van der Waals surface area contributed by atoms with Crippen molar-refractivity contribution in [3.05, 3.63) is 23.8 Å². The van der Waals surface area contributed by atoms with E-state index in [1.807, 2.05) is 0 Å². The highest BCUT2D eigenvalue weighted by Crippen LogP contribution is 2.36. The summed E-state index contributed by atoms with van der Waals surface area (Å²) in [4.78, 5) is -1.19. The highest BCUT2D eigenvalue weighted by Gasteiger charge is 2.37. The van der Waals surface area contributed by atoms with Crippen LogP contribution in [-0.2, 0) is 16.3 Å². The fourth-order valence-electron chi connectivity index (χ4n) is 1.21. The number of rotatable bonds is 3. The van der Waals surface area contributed by atoms with Crippen LogP contribution in [0.5, 0.6) is 5.75 Å². The second kappa shape index (κ2) is 4.53. The van der Waals surface area contributed by atoms with E-state index in [0.717, 1.165) is 6.07 Å². The van der Waals surface area contributed by atoms with Crippen molar-refractivity contribution in [2.75, 3.05) is 6.61 Å². The summed E-state index contributed by atoms with van der Waals surface area (Å²) in [6, 6.07) is 2.23. The van der Waals surface area contributed by atoms with Gasteiger partial charge in [-0.1, -0.05) is 0 Å². The molecule has 0 unspecified atom stereocenters. The van der Waals surface area contributed by atoms with Crippen LogP contribution in [-0.4, -0.2) is 19.6 Å². The summed E-state index contributed by atoms with van der Waals surface area (Å²) in [5.41, 5.74) is -1.45. The van der Waals surface area contributed by atoms with E-state index in [1.165, 1.54) is 0 Å². The normalized spacial score (nSPS) is 12.5. The van der Waals surface area contributed by atoms with Gasteiger partial charge in [-0.2, -0.15) is 21.6 Å². The molecule has 0 atom stereocenters.